The molecule has 0 bridgehead atoms. The molecule has 0 atom stereocenters. The molecule has 0 amide bonds. The standard InChI is InChI=1S/C39H21N3O3/c1-4-14-29-23(9-1)24-20-19-22(21-34(24)45-29)37-40-38(27-12-7-17-32-35(27)25-10-2-5-15-30(25)43-32)42-39(41-37)28-13-8-18-33-36(28)26-11-3-6-16-31(26)44-33/h1-21H. The largest absolute Gasteiger partial charge is 0.456 e. The summed E-state index contributed by atoms with van der Waals surface area (Å²) in [5.74, 6) is 1.66. The van der Waals surface area contributed by atoms with Crippen molar-refractivity contribution in [2.24, 2.45) is 0 Å². The van der Waals surface area contributed by atoms with E-state index in [-0.39, 0.29) is 0 Å². The summed E-state index contributed by atoms with van der Waals surface area (Å²) >= 11 is 0. The molecule has 210 valence electrons. The van der Waals surface area contributed by atoms with Crippen LogP contribution in [-0.4, -0.2) is 15.0 Å². The lowest BCUT2D eigenvalue weighted by molar-refractivity contribution is 0.668. The molecule has 0 spiro atoms. The van der Waals surface area contributed by atoms with Crippen molar-refractivity contribution >= 4 is 65.8 Å². The maximum atomic E-state index is 6.24. The zero-order chi connectivity index (χ0) is 29.5. The monoisotopic (exact) mass is 579 g/mol. The summed E-state index contributed by atoms with van der Waals surface area (Å²) in [6.07, 6.45) is 0. The Bertz CT molecular complexity index is 2650. The van der Waals surface area contributed by atoms with Gasteiger partial charge < -0.3 is 13.3 Å². The molecule has 45 heavy (non-hydrogen) atoms. The van der Waals surface area contributed by atoms with Gasteiger partial charge in [0.2, 0.25) is 0 Å². The molecule has 6 aromatic carbocycles. The number of fused-ring (bicyclic) bond motifs is 9. The van der Waals surface area contributed by atoms with Crippen molar-refractivity contribution in [2.75, 3.05) is 0 Å². The van der Waals surface area contributed by atoms with E-state index in [4.69, 9.17) is 28.2 Å². The van der Waals surface area contributed by atoms with Gasteiger partial charge in [0, 0.05) is 49.0 Å². The second-order valence-corrected chi connectivity index (χ2v) is 11.2. The van der Waals surface area contributed by atoms with Gasteiger partial charge in [0.25, 0.3) is 0 Å². The van der Waals surface area contributed by atoms with Crippen LogP contribution in [0.3, 0.4) is 0 Å². The van der Waals surface area contributed by atoms with Gasteiger partial charge in [0.1, 0.15) is 33.5 Å². The van der Waals surface area contributed by atoms with E-state index < -0.39 is 0 Å². The number of rotatable bonds is 3. The fourth-order valence-electron chi connectivity index (χ4n) is 6.53. The first-order chi connectivity index (χ1) is 22.3. The highest BCUT2D eigenvalue weighted by atomic mass is 16.3. The first-order valence-corrected chi connectivity index (χ1v) is 14.8. The smallest absolute Gasteiger partial charge is 0.164 e. The van der Waals surface area contributed by atoms with Crippen molar-refractivity contribution in [3.63, 3.8) is 0 Å². The molecule has 4 heterocycles. The summed E-state index contributed by atoms with van der Waals surface area (Å²) in [6, 6.07) is 42.3. The third kappa shape index (κ3) is 3.60. The third-order valence-corrected chi connectivity index (χ3v) is 8.56. The summed E-state index contributed by atoms with van der Waals surface area (Å²) in [6.45, 7) is 0. The first kappa shape index (κ1) is 24.2. The molecule has 0 aliphatic carbocycles. The van der Waals surface area contributed by atoms with Crippen LogP contribution in [-0.2, 0) is 0 Å². The Morgan fingerprint density at radius 1 is 0.333 bits per heavy atom. The van der Waals surface area contributed by atoms with Gasteiger partial charge in [0.05, 0.1) is 0 Å². The van der Waals surface area contributed by atoms with Crippen molar-refractivity contribution in [2.45, 2.75) is 0 Å². The van der Waals surface area contributed by atoms with Crippen LogP contribution in [0.1, 0.15) is 0 Å². The first-order valence-electron chi connectivity index (χ1n) is 14.8. The van der Waals surface area contributed by atoms with Crippen LogP contribution in [0.5, 0.6) is 0 Å². The average molecular weight is 580 g/mol. The van der Waals surface area contributed by atoms with E-state index >= 15 is 0 Å². The minimum Gasteiger partial charge on any atom is -0.456 e. The summed E-state index contributed by atoms with van der Waals surface area (Å²) < 4.78 is 18.7. The molecular weight excluding hydrogens is 558 g/mol. The molecule has 0 aliphatic heterocycles. The van der Waals surface area contributed by atoms with Crippen LogP contribution in [0.2, 0.25) is 0 Å². The Morgan fingerprint density at radius 3 is 1.38 bits per heavy atom. The summed E-state index contributed by atoms with van der Waals surface area (Å²) in [7, 11) is 0. The van der Waals surface area contributed by atoms with Gasteiger partial charge in [0.15, 0.2) is 17.5 Å². The predicted octanol–water partition coefficient (Wildman–Crippen LogP) is 10.6. The second-order valence-electron chi connectivity index (χ2n) is 11.2. The Hall–Kier alpha value is -6.27. The zero-order valence-electron chi connectivity index (χ0n) is 23.7. The molecule has 10 aromatic rings. The van der Waals surface area contributed by atoms with E-state index in [2.05, 4.69) is 30.3 Å². The topological polar surface area (TPSA) is 78.1 Å². The number of hydrogen-bond acceptors (Lipinski definition) is 6. The second kappa shape index (κ2) is 9.11. The summed E-state index contributed by atoms with van der Waals surface area (Å²) in [5.41, 5.74) is 7.40. The summed E-state index contributed by atoms with van der Waals surface area (Å²) in [5, 5.41) is 6.09. The molecule has 0 saturated heterocycles. The molecule has 0 aliphatic rings. The predicted molar refractivity (Wildman–Crippen MR) is 178 cm³/mol. The maximum absolute atomic E-state index is 6.24. The highest BCUT2D eigenvalue weighted by molar-refractivity contribution is 6.13. The minimum absolute atomic E-state index is 0.548. The van der Waals surface area contributed by atoms with Crippen LogP contribution in [0.15, 0.2) is 141 Å². The Morgan fingerprint density at radius 2 is 0.778 bits per heavy atom. The molecule has 10 rings (SSSR count). The number of aromatic nitrogens is 3. The maximum Gasteiger partial charge on any atom is 0.164 e. The van der Waals surface area contributed by atoms with Gasteiger partial charge in [-0.1, -0.05) is 84.9 Å². The fraction of sp³-hybridized carbons (Fsp3) is 0. The van der Waals surface area contributed by atoms with E-state index in [1.165, 1.54) is 0 Å². The molecule has 6 heteroatoms. The summed E-state index contributed by atoms with van der Waals surface area (Å²) in [4.78, 5) is 15.3. The normalized spacial score (nSPS) is 12.0. The quantitative estimate of drug-likeness (QED) is 0.207. The highest BCUT2D eigenvalue weighted by Gasteiger charge is 2.20. The van der Waals surface area contributed by atoms with Crippen molar-refractivity contribution in [1.82, 2.24) is 15.0 Å². The van der Waals surface area contributed by atoms with Crippen LogP contribution >= 0.6 is 0 Å². The van der Waals surface area contributed by atoms with Gasteiger partial charge in [-0.05, 0) is 42.5 Å². The Balaban J connectivity index is 1.27. The number of hydrogen-bond donors (Lipinski definition) is 0. The highest BCUT2D eigenvalue weighted by Crippen LogP contribution is 2.39. The Kier molecular flexibility index (Phi) is 4.90. The average Bonchev–Trinajstić information content (AvgIpc) is 3.78. The molecule has 0 radical (unpaired) electrons. The number of para-hydroxylation sites is 3. The molecule has 4 aromatic heterocycles. The molecule has 0 fully saturated rings. The lowest BCUT2D eigenvalue weighted by Gasteiger charge is -2.10. The molecule has 0 unspecified atom stereocenters. The van der Waals surface area contributed by atoms with Crippen molar-refractivity contribution in [3.05, 3.63) is 127 Å². The molecular formula is C39H21N3O3. The van der Waals surface area contributed by atoms with Crippen molar-refractivity contribution < 1.29 is 13.3 Å². The van der Waals surface area contributed by atoms with Crippen LogP contribution in [0.25, 0.3) is 100.0 Å². The fourth-order valence-corrected chi connectivity index (χ4v) is 6.53. The lowest BCUT2D eigenvalue weighted by Crippen LogP contribution is -2.00. The van der Waals surface area contributed by atoms with Crippen LogP contribution < -0.4 is 0 Å². The number of benzene rings is 6. The van der Waals surface area contributed by atoms with Crippen LogP contribution in [0, 0.1) is 0 Å². The molecule has 0 saturated carbocycles. The molecule has 0 N–H and O–H groups in total. The van der Waals surface area contributed by atoms with Crippen molar-refractivity contribution in [1.29, 1.82) is 0 Å². The number of nitrogens with zero attached hydrogens (tertiary/aromatic N) is 3. The number of furan rings is 3. The lowest BCUT2D eigenvalue weighted by atomic mass is 10.0. The van der Waals surface area contributed by atoms with E-state index in [1.54, 1.807) is 0 Å². The van der Waals surface area contributed by atoms with Crippen molar-refractivity contribution in [3.8, 4) is 34.2 Å². The van der Waals surface area contributed by atoms with Gasteiger partial charge in [-0.15, -0.1) is 0 Å². The van der Waals surface area contributed by atoms with Gasteiger partial charge >= 0.3 is 0 Å². The van der Waals surface area contributed by atoms with E-state index in [0.717, 1.165) is 82.5 Å². The van der Waals surface area contributed by atoms with E-state index in [0.29, 0.717) is 17.5 Å². The van der Waals surface area contributed by atoms with Gasteiger partial charge in [-0.3, -0.25) is 0 Å². The third-order valence-electron chi connectivity index (χ3n) is 8.56. The Labute approximate surface area is 255 Å². The molecule has 6 nitrogen and oxygen atoms in total. The van der Waals surface area contributed by atoms with E-state index in [9.17, 15) is 0 Å². The van der Waals surface area contributed by atoms with E-state index in [1.807, 2.05) is 97.1 Å². The van der Waals surface area contributed by atoms with Gasteiger partial charge in [-0.2, -0.15) is 0 Å². The van der Waals surface area contributed by atoms with Crippen LogP contribution in [0.4, 0.5) is 0 Å². The van der Waals surface area contributed by atoms with Gasteiger partial charge in [-0.25, -0.2) is 15.0 Å². The minimum atomic E-state index is 0.548. The zero-order valence-corrected chi connectivity index (χ0v) is 23.7. The SMILES string of the molecule is c1ccc2c(c1)oc1cc(-c3nc(-c4cccc5oc6ccccc6c45)nc(-c4cccc5oc6ccccc6c45)n3)ccc12.